The van der Waals surface area contributed by atoms with E-state index < -0.39 is 5.82 Å². The molecule has 1 aromatic carbocycles. The number of methoxy groups -OCH3 is 1. The zero-order chi connectivity index (χ0) is 13.1. The Morgan fingerprint density at radius 3 is 2.83 bits per heavy atom. The fourth-order valence-electron chi connectivity index (χ4n) is 1.69. The van der Waals surface area contributed by atoms with Gasteiger partial charge in [0.15, 0.2) is 17.4 Å². The molecule has 0 unspecified atom stereocenters. The number of aromatic nitrogens is 3. The van der Waals surface area contributed by atoms with Crippen LogP contribution in [0, 0.1) is 5.82 Å². The normalized spacial score (nSPS) is 10.7. The lowest BCUT2D eigenvalue weighted by Gasteiger charge is -2.02. The van der Waals surface area contributed by atoms with Gasteiger partial charge in [-0.1, -0.05) is 0 Å². The van der Waals surface area contributed by atoms with E-state index in [1.54, 1.807) is 23.9 Å². The zero-order valence-electron chi connectivity index (χ0n) is 10.4. The predicted octanol–water partition coefficient (Wildman–Crippen LogP) is 1.13. The molecule has 0 radical (unpaired) electrons. The highest BCUT2D eigenvalue weighted by molar-refractivity contribution is 5.56. The summed E-state index contributed by atoms with van der Waals surface area (Å²) in [5, 5.41) is 4.24. The van der Waals surface area contributed by atoms with E-state index in [2.05, 4.69) is 10.1 Å². The Kier molecular flexibility index (Phi) is 3.57. The van der Waals surface area contributed by atoms with Crippen molar-refractivity contribution in [3.8, 4) is 17.1 Å². The van der Waals surface area contributed by atoms with Crippen LogP contribution in [-0.2, 0) is 13.5 Å². The second-order valence-corrected chi connectivity index (χ2v) is 3.86. The summed E-state index contributed by atoms with van der Waals surface area (Å²) in [7, 11) is 3.22. The van der Waals surface area contributed by atoms with Crippen LogP contribution in [0.4, 0.5) is 4.39 Å². The molecule has 0 aliphatic heterocycles. The van der Waals surface area contributed by atoms with Crippen LogP contribution in [0.15, 0.2) is 18.2 Å². The molecule has 6 heteroatoms. The molecule has 0 amide bonds. The number of aryl methyl sites for hydroxylation is 1. The second-order valence-electron chi connectivity index (χ2n) is 3.86. The summed E-state index contributed by atoms with van der Waals surface area (Å²) >= 11 is 0. The van der Waals surface area contributed by atoms with Gasteiger partial charge in [-0.05, 0) is 24.7 Å². The summed E-state index contributed by atoms with van der Waals surface area (Å²) in [4.78, 5) is 4.33. The number of hydrogen-bond donors (Lipinski definition) is 1. The van der Waals surface area contributed by atoms with E-state index in [1.165, 1.54) is 13.2 Å². The van der Waals surface area contributed by atoms with Crippen LogP contribution < -0.4 is 10.5 Å². The maximum Gasteiger partial charge on any atom is 0.181 e. The molecule has 96 valence electrons. The summed E-state index contributed by atoms with van der Waals surface area (Å²) in [5.74, 6) is 1.05. The van der Waals surface area contributed by atoms with Gasteiger partial charge in [-0.2, -0.15) is 5.10 Å². The van der Waals surface area contributed by atoms with Gasteiger partial charge in [0.2, 0.25) is 0 Å². The summed E-state index contributed by atoms with van der Waals surface area (Å²) in [5.41, 5.74) is 6.10. The molecule has 2 rings (SSSR count). The number of halogens is 1. The third-order valence-corrected chi connectivity index (χ3v) is 2.63. The van der Waals surface area contributed by atoms with Crippen molar-refractivity contribution in [2.45, 2.75) is 6.42 Å². The van der Waals surface area contributed by atoms with Crippen LogP contribution in [0.3, 0.4) is 0 Å². The molecule has 0 saturated heterocycles. The summed E-state index contributed by atoms with van der Waals surface area (Å²) in [6.45, 7) is 0.503. The number of benzene rings is 1. The van der Waals surface area contributed by atoms with Crippen LogP contribution in [-0.4, -0.2) is 28.4 Å². The highest BCUT2D eigenvalue weighted by atomic mass is 19.1. The third-order valence-electron chi connectivity index (χ3n) is 2.63. The second kappa shape index (κ2) is 5.14. The molecule has 0 fully saturated rings. The highest BCUT2D eigenvalue weighted by Gasteiger charge is 2.11. The molecule has 0 saturated carbocycles. The number of nitrogens with zero attached hydrogens (tertiary/aromatic N) is 3. The molecule has 0 bridgehead atoms. The van der Waals surface area contributed by atoms with Crippen molar-refractivity contribution in [2.75, 3.05) is 13.7 Å². The number of rotatable bonds is 4. The first-order valence-corrected chi connectivity index (χ1v) is 5.59. The maximum absolute atomic E-state index is 13.6. The molecule has 2 aromatic rings. The minimum absolute atomic E-state index is 0.205. The number of nitrogens with two attached hydrogens (primary N) is 1. The Bertz CT molecular complexity index is 553. The van der Waals surface area contributed by atoms with Crippen LogP contribution in [0.25, 0.3) is 11.4 Å². The van der Waals surface area contributed by atoms with Gasteiger partial charge >= 0.3 is 0 Å². The monoisotopic (exact) mass is 250 g/mol. The molecule has 1 heterocycles. The quantitative estimate of drug-likeness (QED) is 0.883. The Labute approximate surface area is 104 Å². The first-order valence-electron chi connectivity index (χ1n) is 5.59. The van der Waals surface area contributed by atoms with Crippen molar-refractivity contribution < 1.29 is 9.13 Å². The summed E-state index contributed by atoms with van der Waals surface area (Å²) < 4.78 is 20.1. The number of ether oxygens (including phenoxy) is 1. The molecule has 0 spiro atoms. The highest BCUT2D eigenvalue weighted by Crippen LogP contribution is 2.23. The van der Waals surface area contributed by atoms with Crippen LogP contribution in [0.5, 0.6) is 5.75 Å². The Morgan fingerprint density at radius 1 is 1.44 bits per heavy atom. The van der Waals surface area contributed by atoms with Gasteiger partial charge in [0.25, 0.3) is 0 Å². The molecular weight excluding hydrogens is 235 g/mol. The molecular formula is C12H15FN4O. The third kappa shape index (κ3) is 2.33. The van der Waals surface area contributed by atoms with E-state index >= 15 is 0 Å². The van der Waals surface area contributed by atoms with E-state index in [0.717, 1.165) is 5.82 Å². The molecule has 5 nitrogen and oxygen atoms in total. The lowest BCUT2D eigenvalue weighted by atomic mass is 10.2. The van der Waals surface area contributed by atoms with Crippen LogP contribution in [0.2, 0.25) is 0 Å². The van der Waals surface area contributed by atoms with E-state index in [9.17, 15) is 4.39 Å². The smallest absolute Gasteiger partial charge is 0.181 e. The number of hydrogen-bond acceptors (Lipinski definition) is 4. The van der Waals surface area contributed by atoms with E-state index in [4.69, 9.17) is 10.5 Å². The molecule has 1 aromatic heterocycles. The maximum atomic E-state index is 13.6. The van der Waals surface area contributed by atoms with Crippen molar-refractivity contribution in [2.24, 2.45) is 12.8 Å². The SMILES string of the molecule is COc1ccc(-c2nc(CCN)n(C)n2)cc1F. The van der Waals surface area contributed by atoms with E-state index in [0.29, 0.717) is 24.4 Å². The van der Waals surface area contributed by atoms with Gasteiger partial charge in [-0.3, -0.25) is 4.68 Å². The summed E-state index contributed by atoms with van der Waals surface area (Å²) in [6.07, 6.45) is 0.641. The Balaban J connectivity index is 2.36. The van der Waals surface area contributed by atoms with Gasteiger partial charge in [0, 0.05) is 19.0 Å². The summed E-state index contributed by atoms with van der Waals surface area (Å²) in [6, 6.07) is 4.65. The van der Waals surface area contributed by atoms with Crippen molar-refractivity contribution in [3.63, 3.8) is 0 Å². The lowest BCUT2D eigenvalue weighted by molar-refractivity contribution is 0.386. The van der Waals surface area contributed by atoms with Crippen molar-refractivity contribution in [3.05, 3.63) is 29.8 Å². The Hall–Kier alpha value is -1.95. The fourth-order valence-corrected chi connectivity index (χ4v) is 1.69. The predicted molar refractivity (Wildman–Crippen MR) is 65.7 cm³/mol. The van der Waals surface area contributed by atoms with Crippen molar-refractivity contribution >= 4 is 0 Å². The van der Waals surface area contributed by atoms with Gasteiger partial charge in [-0.15, -0.1) is 0 Å². The van der Waals surface area contributed by atoms with Gasteiger partial charge in [0.05, 0.1) is 7.11 Å². The minimum atomic E-state index is -0.428. The molecule has 0 aliphatic rings. The molecule has 0 atom stereocenters. The topological polar surface area (TPSA) is 66.0 Å². The minimum Gasteiger partial charge on any atom is -0.494 e. The average Bonchev–Trinajstić information content (AvgIpc) is 2.71. The zero-order valence-corrected chi connectivity index (χ0v) is 10.4. The van der Waals surface area contributed by atoms with Crippen LogP contribution >= 0.6 is 0 Å². The van der Waals surface area contributed by atoms with Gasteiger partial charge in [-0.25, -0.2) is 9.37 Å². The van der Waals surface area contributed by atoms with E-state index in [-0.39, 0.29) is 5.75 Å². The van der Waals surface area contributed by atoms with E-state index in [1.807, 2.05) is 0 Å². The van der Waals surface area contributed by atoms with Crippen LogP contribution in [0.1, 0.15) is 5.82 Å². The average molecular weight is 250 g/mol. The van der Waals surface area contributed by atoms with Gasteiger partial charge < -0.3 is 10.5 Å². The standard InChI is InChI=1S/C12H15FN4O/c1-17-11(5-6-14)15-12(16-17)8-3-4-10(18-2)9(13)7-8/h3-4,7H,5-6,14H2,1-2H3. The molecule has 2 N–H and O–H groups in total. The van der Waals surface area contributed by atoms with Gasteiger partial charge in [0.1, 0.15) is 5.82 Å². The Morgan fingerprint density at radius 2 is 2.22 bits per heavy atom. The first kappa shape index (κ1) is 12.5. The fraction of sp³-hybridized carbons (Fsp3) is 0.333. The first-order chi connectivity index (χ1) is 8.65. The van der Waals surface area contributed by atoms with Crippen molar-refractivity contribution in [1.82, 2.24) is 14.8 Å². The lowest BCUT2D eigenvalue weighted by Crippen LogP contribution is -2.08. The molecule has 18 heavy (non-hydrogen) atoms. The largest absolute Gasteiger partial charge is 0.494 e. The van der Waals surface area contributed by atoms with Crippen molar-refractivity contribution in [1.29, 1.82) is 0 Å². The molecule has 0 aliphatic carbocycles.